The Bertz CT molecular complexity index is 507. The number of hydrogen-bond acceptors (Lipinski definition) is 3. The summed E-state index contributed by atoms with van der Waals surface area (Å²) in [6.07, 6.45) is 1.08. The molecule has 0 bridgehead atoms. The highest BCUT2D eigenvalue weighted by atomic mass is 32.2. The number of nitrogens with zero attached hydrogens (tertiary/aromatic N) is 1. The van der Waals surface area contributed by atoms with E-state index in [-0.39, 0.29) is 0 Å². The van der Waals surface area contributed by atoms with Gasteiger partial charge in [-0.15, -0.1) is 0 Å². The molecule has 25 heavy (non-hydrogen) atoms. The molecule has 0 fully saturated rings. The van der Waals surface area contributed by atoms with Gasteiger partial charge < -0.3 is 15.4 Å². The molecule has 0 heterocycles. The van der Waals surface area contributed by atoms with Gasteiger partial charge in [0, 0.05) is 42.0 Å². The van der Waals surface area contributed by atoms with E-state index in [1.54, 1.807) is 0 Å². The highest BCUT2D eigenvalue weighted by molar-refractivity contribution is 7.84. The molecule has 1 unspecified atom stereocenters. The van der Waals surface area contributed by atoms with Gasteiger partial charge in [-0.2, -0.15) is 0 Å². The first-order valence-electron chi connectivity index (χ1n) is 9.10. The van der Waals surface area contributed by atoms with Crippen LogP contribution in [0.3, 0.4) is 0 Å². The van der Waals surface area contributed by atoms with Crippen LogP contribution in [-0.4, -0.2) is 48.8 Å². The molecular formula is C19H33N3O2S. The molecule has 1 rings (SSSR count). The molecule has 0 aliphatic heterocycles. The fourth-order valence-electron chi connectivity index (χ4n) is 2.10. The van der Waals surface area contributed by atoms with Crippen molar-refractivity contribution in [2.24, 2.45) is 10.9 Å². The second-order valence-corrected chi connectivity index (χ2v) is 7.83. The third-order valence-corrected chi connectivity index (χ3v) is 4.80. The van der Waals surface area contributed by atoms with Crippen LogP contribution in [0.2, 0.25) is 0 Å². The maximum absolute atomic E-state index is 12.1. The van der Waals surface area contributed by atoms with E-state index in [2.05, 4.69) is 29.5 Å². The van der Waals surface area contributed by atoms with Gasteiger partial charge in [-0.25, -0.2) is 0 Å². The van der Waals surface area contributed by atoms with E-state index in [9.17, 15) is 4.21 Å². The van der Waals surface area contributed by atoms with Gasteiger partial charge in [0.15, 0.2) is 5.96 Å². The van der Waals surface area contributed by atoms with Crippen LogP contribution in [0.4, 0.5) is 0 Å². The predicted octanol–water partition coefficient (Wildman–Crippen LogP) is 2.55. The second kappa shape index (κ2) is 13.8. The molecule has 142 valence electrons. The molecule has 0 aliphatic carbocycles. The summed E-state index contributed by atoms with van der Waals surface area (Å²) in [6, 6.07) is 9.94. The number of aliphatic imine (C=N–C) groups is 1. The van der Waals surface area contributed by atoms with E-state index in [1.807, 2.05) is 37.3 Å². The van der Waals surface area contributed by atoms with Crippen molar-refractivity contribution in [1.29, 1.82) is 0 Å². The maximum Gasteiger partial charge on any atom is 0.191 e. The lowest BCUT2D eigenvalue weighted by Gasteiger charge is -2.11. The van der Waals surface area contributed by atoms with Crippen LogP contribution >= 0.6 is 0 Å². The average Bonchev–Trinajstić information content (AvgIpc) is 2.58. The number of ether oxygens (including phenoxy) is 1. The first-order chi connectivity index (χ1) is 12.1. The fraction of sp³-hybridized carbons (Fsp3) is 0.632. The van der Waals surface area contributed by atoms with E-state index in [4.69, 9.17) is 4.74 Å². The van der Waals surface area contributed by atoms with Gasteiger partial charge >= 0.3 is 0 Å². The lowest BCUT2D eigenvalue weighted by molar-refractivity contribution is 0.130. The van der Waals surface area contributed by atoms with Gasteiger partial charge in [-0.05, 0) is 24.8 Å². The molecule has 1 aromatic carbocycles. The van der Waals surface area contributed by atoms with E-state index in [0.717, 1.165) is 31.1 Å². The molecular weight excluding hydrogens is 334 g/mol. The first kappa shape index (κ1) is 21.6. The van der Waals surface area contributed by atoms with Gasteiger partial charge in [0.25, 0.3) is 0 Å². The van der Waals surface area contributed by atoms with Gasteiger partial charge in [-0.1, -0.05) is 44.2 Å². The summed E-state index contributed by atoms with van der Waals surface area (Å²) in [4.78, 5) is 4.48. The van der Waals surface area contributed by atoms with Crippen molar-refractivity contribution in [2.45, 2.75) is 32.9 Å². The van der Waals surface area contributed by atoms with Crippen LogP contribution in [0.15, 0.2) is 35.3 Å². The van der Waals surface area contributed by atoms with E-state index >= 15 is 0 Å². The van der Waals surface area contributed by atoms with Crippen molar-refractivity contribution in [2.75, 3.05) is 38.6 Å². The SMILES string of the molecule is CCNC(=NCCOCCC(C)C)NCCS(=O)Cc1ccccc1. The quantitative estimate of drug-likeness (QED) is 0.339. The zero-order valence-corrected chi connectivity index (χ0v) is 16.6. The van der Waals surface area contributed by atoms with Gasteiger partial charge in [-0.3, -0.25) is 9.20 Å². The molecule has 1 aromatic rings. The predicted molar refractivity (Wildman–Crippen MR) is 107 cm³/mol. The number of guanidine groups is 1. The summed E-state index contributed by atoms with van der Waals surface area (Å²) < 4.78 is 17.7. The molecule has 0 aromatic heterocycles. The summed E-state index contributed by atoms with van der Waals surface area (Å²) in [7, 11) is -0.876. The Morgan fingerprint density at radius 3 is 2.64 bits per heavy atom. The van der Waals surface area contributed by atoms with Gasteiger partial charge in [0.1, 0.15) is 0 Å². The van der Waals surface area contributed by atoms with Crippen LogP contribution in [0.5, 0.6) is 0 Å². The van der Waals surface area contributed by atoms with Crippen molar-refractivity contribution >= 4 is 16.8 Å². The second-order valence-electron chi connectivity index (χ2n) is 6.26. The number of rotatable bonds is 12. The number of benzene rings is 1. The minimum Gasteiger partial charge on any atom is -0.380 e. The van der Waals surface area contributed by atoms with Crippen molar-refractivity contribution in [3.05, 3.63) is 35.9 Å². The highest BCUT2D eigenvalue weighted by Gasteiger charge is 2.03. The van der Waals surface area contributed by atoms with E-state index in [1.165, 1.54) is 0 Å². The van der Waals surface area contributed by atoms with E-state index in [0.29, 0.717) is 37.1 Å². The molecule has 5 nitrogen and oxygen atoms in total. The third-order valence-electron chi connectivity index (χ3n) is 3.48. The summed E-state index contributed by atoms with van der Waals surface area (Å²) >= 11 is 0. The molecule has 0 radical (unpaired) electrons. The maximum atomic E-state index is 12.1. The Morgan fingerprint density at radius 1 is 1.20 bits per heavy atom. The smallest absolute Gasteiger partial charge is 0.191 e. The normalized spacial score (nSPS) is 13.0. The van der Waals surface area contributed by atoms with Crippen LogP contribution in [-0.2, 0) is 21.3 Å². The Morgan fingerprint density at radius 2 is 1.96 bits per heavy atom. The Hall–Kier alpha value is -1.40. The average molecular weight is 368 g/mol. The summed E-state index contributed by atoms with van der Waals surface area (Å²) in [5.74, 6) is 2.62. The third kappa shape index (κ3) is 11.7. The van der Waals surface area contributed by atoms with Crippen LogP contribution in [0.25, 0.3) is 0 Å². The summed E-state index contributed by atoms with van der Waals surface area (Å²) in [6.45, 7) is 9.89. The number of nitrogens with one attached hydrogen (secondary N) is 2. The lowest BCUT2D eigenvalue weighted by atomic mass is 10.1. The monoisotopic (exact) mass is 367 g/mol. The Kier molecular flexibility index (Phi) is 12.0. The molecule has 0 spiro atoms. The lowest BCUT2D eigenvalue weighted by Crippen LogP contribution is -2.39. The van der Waals surface area contributed by atoms with Gasteiger partial charge in [0.05, 0.1) is 13.2 Å². The minimum absolute atomic E-state index is 0.597. The van der Waals surface area contributed by atoms with Crippen molar-refractivity contribution < 1.29 is 8.95 Å². The molecule has 0 aliphatic rings. The summed E-state index contributed by atoms with van der Waals surface area (Å²) in [5, 5.41) is 6.44. The van der Waals surface area contributed by atoms with Crippen molar-refractivity contribution in [3.63, 3.8) is 0 Å². The molecule has 2 N–H and O–H groups in total. The topological polar surface area (TPSA) is 62.7 Å². The van der Waals surface area contributed by atoms with Gasteiger partial charge in [0.2, 0.25) is 0 Å². The minimum atomic E-state index is -0.876. The van der Waals surface area contributed by atoms with Crippen LogP contribution in [0, 0.1) is 5.92 Å². The van der Waals surface area contributed by atoms with E-state index < -0.39 is 10.8 Å². The Balaban J connectivity index is 2.22. The molecule has 1 atom stereocenters. The highest BCUT2D eigenvalue weighted by Crippen LogP contribution is 2.02. The number of hydrogen-bond donors (Lipinski definition) is 2. The fourth-order valence-corrected chi connectivity index (χ4v) is 3.14. The zero-order chi connectivity index (χ0) is 18.3. The molecule has 0 amide bonds. The van der Waals surface area contributed by atoms with Crippen LogP contribution in [0.1, 0.15) is 32.8 Å². The van der Waals surface area contributed by atoms with Crippen LogP contribution < -0.4 is 10.6 Å². The molecule has 0 saturated heterocycles. The molecule has 6 heteroatoms. The van der Waals surface area contributed by atoms with Crippen molar-refractivity contribution in [3.8, 4) is 0 Å². The Labute approximate surface area is 155 Å². The largest absolute Gasteiger partial charge is 0.380 e. The first-order valence-corrected chi connectivity index (χ1v) is 10.6. The van der Waals surface area contributed by atoms with Crippen molar-refractivity contribution in [1.82, 2.24) is 10.6 Å². The summed E-state index contributed by atoms with van der Waals surface area (Å²) in [5.41, 5.74) is 1.11. The standard InChI is InChI=1S/C19H33N3O2S/c1-4-20-19(21-11-14-24-13-10-17(2)3)22-12-15-25(23)16-18-8-6-5-7-9-18/h5-9,17H,4,10-16H2,1-3H3,(H2,20,21,22). The molecule has 0 saturated carbocycles. The zero-order valence-electron chi connectivity index (χ0n) is 15.8.